The zero-order valence-electron chi connectivity index (χ0n) is 15.1. The number of rotatable bonds is 3. The van der Waals surface area contributed by atoms with E-state index < -0.39 is 23.4 Å². The molecule has 5 nitrogen and oxygen atoms in total. The zero-order valence-corrected chi connectivity index (χ0v) is 15.1. The van der Waals surface area contributed by atoms with Crippen LogP contribution in [0.2, 0.25) is 0 Å². The molecular weight excluding hydrogens is 359 g/mol. The first kappa shape index (κ1) is 19.0. The van der Waals surface area contributed by atoms with Gasteiger partial charge in [-0.1, -0.05) is 6.07 Å². The molecule has 0 unspecified atom stereocenters. The van der Waals surface area contributed by atoms with E-state index in [2.05, 4.69) is 4.98 Å². The molecule has 1 aromatic heterocycles. The highest BCUT2D eigenvalue weighted by atomic mass is 19.4. The molecule has 0 bridgehead atoms. The number of H-pyrrole nitrogens is 1. The van der Waals surface area contributed by atoms with Crippen LogP contribution in [0.3, 0.4) is 0 Å². The minimum atomic E-state index is -4.40. The summed E-state index contributed by atoms with van der Waals surface area (Å²) in [6.45, 7) is 4.84. The third kappa shape index (κ3) is 3.99. The number of aromatic nitrogens is 1. The summed E-state index contributed by atoms with van der Waals surface area (Å²) in [5.41, 5.74) is 1.57. The predicted molar refractivity (Wildman–Crippen MR) is 94.8 cm³/mol. The maximum atomic E-state index is 12.9. The Kier molecular flexibility index (Phi) is 4.99. The van der Waals surface area contributed by atoms with E-state index >= 15 is 0 Å². The van der Waals surface area contributed by atoms with E-state index in [9.17, 15) is 22.8 Å². The largest absolute Gasteiger partial charge is 0.416 e. The van der Waals surface area contributed by atoms with Gasteiger partial charge in [-0.15, -0.1) is 0 Å². The number of aromatic amines is 1. The molecule has 2 aromatic rings. The Bertz CT molecular complexity index is 865. The molecule has 1 N–H and O–H groups in total. The summed E-state index contributed by atoms with van der Waals surface area (Å²) in [5, 5.41) is 0. The van der Waals surface area contributed by atoms with Gasteiger partial charge in [0.2, 0.25) is 0 Å². The Hall–Kier alpha value is -2.77. The van der Waals surface area contributed by atoms with E-state index in [1.165, 1.54) is 11.0 Å². The lowest BCUT2D eigenvalue weighted by Gasteiger charge is -2.36. The molecule has 1 aliphatic rings. The van der Waals surface area contributed by atoms with Crippen molar-refractivity contribution in [1.29, 1.82) is 0 Å². The Morgan fingerprint density at radius 3 is 2.26 bits per heavy atom. The van der Waals surface area contributed by atoms with Crippen LogP contribution in [0.15, 0.2) is 30.3 Å². The normalized spacial score (nSPS) is 15.1. The molecule has 0 aliphatic carbocycles. The van der Waals surface area contributed by atoms with Crippen LogP contribution in [0.5, 0.6) is 0 Å². The second-order valence-corrected chi connectivity index (χ2v) is 6.65. The quantitative estimate of drug-likeness (QED) is 0.658. The van der Waals surface area contributed by atoms with Crippen molar-refractivity contribution in [2.24, 2.45) is 0 Å². The summed E-state index contributed by atoms with van der Waals surface area (Å²) < 4.78 is 38.6. The summed E-state index contributed by atoms with van der Waals surface area (Å²) in [7, 11) is 0. The van der Waals surface area contributed by atoms with Crippen LogP contribution in [-0.4, -0.2) is 47.8 Å². The number of nitrogens with zero attached hydrogens (tertiary/aromatic N) is 2. The van der Waals surface area contributed by atoms with Gasteiger partial charge in [-0.05, 0) is 38.1 Å². The van der Waals surface area contributed by atoms with Crippen molar-refractivity contribution in [1.82, 2.24) is 9.88 Å². The average molecular weight is 379 g/mol. The molecule has 3 rings (SSSR count). The average Bonchev–Trinajstić information content (AvgIpc) is 2.98. The van der Waals surface area contributed by atoms with Gasteiger partial charge < -0.3 is 14.8 Å². The van der Waals surface area contributed by atoms with Crippen molar-refractivity contribution in [2.45, 2.75) is 20.0 Å². The van der Waals surface area contributed by atoms with E-state index in [1.54, 1.807) is 24.0 Å². The van der Waals surface area contributed by atoms with Crippen LogP contribution < -0.4 is 4.90 Å². The standard InChI is InChI=1S/C19H20F3N3O2/c1-12-10-16(13(2)23-12)17(26)18(27)25-8-6-24(7-9-25)15-5-3-4-14(11-15)19(20,21)22/h3-5,10-11,23H,6-9H2,1-2H3. The fourth-order valence-electron chi connectivity index (χ4n) is 3.27. The van der Waals surface area contributed by atoms with Crippen molar-refractivity contribution >= 4 is 17.4 Å². The Morgan fingerprint density at radius 2 is 1.70 bits per heavy atom. The molecule has 0 saturated carbocycles. The molecule has 2 heterocycles. The molecule has 1 aromatic carbocycles. The number of nitrogens with one attached hydrogen (secondary N) is 1. The summed E-state index contributed by atoms with van der Waals surface area (Å²) in [6.07, 6.45) is -4.40. The van der Waals surface area contributed by atoms with Crippen LogP contribution in [0, 0.1) is 13.8 Å². The highest BCUT2D eigenvalue weighted by Gasteiger charge is 2.32. The smallest absolute Gasteiger partial charge is 0.368 e. The highest BCUT2D eigenvalue weighted by molar-refractivity contribution is 6.43. The Labute approximate surface area is 154 Å². The van der Waals surface area contributed by atoms with Gasteiger partial charge in [-0.3, -0.25) is 9.59 Å². The minimum absolute atomic E-state index is 0.281. The fraction of sp³-hybridized carbons (Fsp3) is 0.368. The Morgan fingerprint density at radius 1 is 1.04 bits per heavy atom. The lowest BCUT2D eigenvalue weighted by molar-refractivity contribution is -0.137. The summed E-state index contributed by atoms with van der Waals surface area (Å²) in [4.78, 5) is 31.2. The van der Waals surface area contributed by atoms with Crippen molar-refractivity contribution in [3.8, 4) is 0 Å². The predicted octanol–water partition coefficient (Wildman–Crippen LogP) is 3.18. The van der Waals surface area contributed by atoms with Crippen molar-refractivity contribution in [3.05, 3.63) is 52.8 Å². The molecule has 0 spiro atoms. The van der Waals surface area contributed by atoms with Gasteiger partial charge in [-0.2, -0.15) is 13.2 Å². The van der Waals surface area contributed by atoms with Gasteiger partial charge in [-0.25, -0.2) is 0 Å². The van der Waals surface area contributed by atoms with Crippen LogP contribution in [0.4, 0.5) is 18.9 Å². The molecular formula is C19H20F3N3O2. The number of Topliss-reactive ketones (excluding diaryl/α,β-unsaturated/α-hetero) is 1. The number of aryl methyl sites for hydroxylation is 2. The van der Waals surface area contributed by atoms with Gasteiger partial charge in [0.25, 0.3) is 11.7 Å². The van der Waals surface area contributed by atoms with Crippen molar-refractivity contribution < 1.29 is 22.8 Å². The SMILES string of the molecule is Cc1cc(C(=O)C(=O)N2CCN(c3cccc(C(F)(F)F)c3)CC2)c(C)[nH]1. The van der Waals surface area contributed by atoms with Crippen LogP contribution in [-0.2, 0) is 11.0 Å². The number of hydrogen-bond acceptors (Lipinski definition) is 3. The number of alkyl halides is 3. The molecule has 0 atom stereocenters. The molecule has 8 heteroatoms. The molecule has 1 saturated heterocycles. The lowest BCUT2D eigenvalue weighted by atomic mass is 10.1. The number of hydrogen-bond donors (Lipinski definition) is 1. The molecule has 1 aliphatic heterocycles. The second-order valence-electron chi connectivity index (χ2n) is 6.65. The number of benzene rings is 1. The van der Waals surface area contributed by atoms with E-state index in [4.69, 9.17) is 0 Å². The third-order valence-corrected chi connectivity index (χ3v) is 4.69. The van der Waals surface area contributed by atoms with Crippen LogP contribution >= 0.6 is 0 Å². The third-order valence-electron chi connectivity index (χ3n) is 4.69. The van der Waals surface area contributed by atoms with E-state index in [-0.39, 0.29) is 13.1 Å². The molecule has 27 heavy (non-hydrogen) atoms. The number of halogens is 3. The lowest BCUT2D eigenvalue weighted by Crippen LogP contribution is -2.50. The maximum absolute atomic E-state index is 12.9. The van der Waals surface area contributed by atoms with Gasteiger partial charge in [0.05, 0.1) is 5.56 Å². The number of piperazine rings is 1. The number of carbonyl (C=O) groups is 2. The van der Waals surface area contributed by atoms with Crippen LogP contribution in [0.1, 0.15) is 27.3 Å². The van der Waals surface area contributed by atoms with E-state index in [1.807, 2.05) is 6.92 Å². The highest BCUT2D eigenvalue weighted by Crippen LogP contribution is 2.31. The fourth-order valence-corrected chi connectivity index (χ4v) is 3.27. The number of amides is 1. The molecule has 0 radical (unpaired) electrons. The van der Waals surface area contributed by atoms with E-state index in [0.717, 1.165) is 17.8 Å². The van der Waals surface area contributed by atoms with Crippen molar-refractivity contribution in [2.75, 3.05) is 31.1 Å². The maximum Gasteiger partial charge on any atom is 0.416 e. The summed E-state index contributed by atoms with van der Waals surface area (Å²) >= 11 is 0. The summed E-state index contributed by atoms with van der Waals surface area (Å²) in [5.74, 6) is -1.15. The second kappa shape index (κ2) is 7.09. The van der Waals surface area contributed by atoms with Crippen LogP contribution in [0.25, 0.3) is 0 Å². The number of anilines is 1. The Balaban J connectivity index is 1.66. The van der Waals surface area contributed by atoms with E-state index in [0.29, 0.717) is 30.0 Å². The topological polar surface area (TPSA) is 56.4 Å². The van der Waals surface area contributed by atoms with Crippen molar-refractivity contribution in [3.63, 3.8) is 0 Å². The van der Waals surface area contributed by atoms with Gasteiger partial charge in [0, 0.05) is 48.8 Å². The molecule has 1 amide bonds. The molecule has 144 valence electrons. The van der Waals surface area contributed by atoms with Gasteiger partial charge in [0.1, 0.15) is 0 Å². The first-order chi connectivity index (χ1) is 12.7. The first-order valence-corrected chi connectivity index (χ1v) is 8.59. The molecule has 1 fully saturated rings. The number of ketones is 1. The monoisotopic (exact) mass is 379 g/mol. The minimum Gasteiger partial charge on any atom is -0.368 e. The van der Waals surface area contributed by atoms with Gasteiger partial charge in [0.15, 0.2) is 0 Å². The summed E-state index contributed by atoms with van der Waals surface area (Å²) in [6, 6.07) is 6.77. The first-order valence-electron chi connectivity index (χ1n) is 8.59. The number of carbonyl (C=O) groups excluding carboxylic acids is 2. The zero-order chi connectivity index (χ0) is 19.8. The van der Waals surface area contributed by atoms with Gasteiger partial charge >= 0.3 is 6.18 Å².